The molecule has 2 aliphatic rings. The standard InChI is InChI=1S/C8H7N3/c9-5-7-6-10-11-4-2-1-3-8(7)11/h1-4,10H,6H2. The molecule has 0 aromatic heterocycles. The van der Waals surface area contributed by atoms with Crippen LogP contribution in [0.1, 0.15) is 0 Å². The van der Waals surface area contributed by atoms with E-state index in [1.165, 1.54) is 0 Å². The Labute approximate surface area is 64.9 Å². The molecule has 11 heavy (non-hydrogen) atoms. The van der Waals surface area contributed by atoms with Gasteiger partial charge < -0.3 is 0 Å². The zero-order valence-electron chi connectivity index (χ0n) is 5.91. The first-order valence-electron chi connectivity index (χ1n) is 3.42. The maximum Gasteiger partial charge on any atom is 0.0984 e. The molecule has 0 unspecified atom stereocenters. The van der Waals surface area contributed by atoms with Crippen LogP contribution in [0.3, 0.4) is 0 Å². The summed E-state index contributed by atoms with van der Waals surface area (Å²) in [5, 5.41) is 10.5. The largest absolute Gasteiger partial charge is 0.283 e. The lowest BCUT2D eigenvalue weighted by Gasteiger charge is -2.16. The molecule has 0 saturated carbocycles. The van der Waals surface area contributed by atoms with Crippen molar-refractivity contribution in [1.82, 2.24) is 10.4 Å². The van der Waals surface area contributed by atoms with Gasteiger partial charge in [0, 0.05) is 6.20 Å². The van der Waals surface area contributed by atoms with E-state index >= 15 is 0 Å². The first kappa shape index (κ1) is 6.20. The van der Waals surface area contributed by atoms with E-state index in [1.807, 2.05) is 29.4 Å². The van der Waals surface area contributed by atoms with Gasteiger partial charge >= 0.3 is 0 Å². The van der Waals surface area contributed by atoms with Gasteiger partial charge in [-0.15, -0.1) is 0 Å². The number of hydrazine groups is 1. The van der Waals surface area contributed by atoms with Gasteiger partial charge in [0.1, 0.15) is 0 Å². The Morgan fingerprint density at radius 3 is 3.27 bits per heavy atom. The smallest absolute Gasteiger partial charge is 0.0984 e. The van der Waals surface area contributed by atoms with Gasteiger partial charge in [-0.1, -0.05) is 6.08 Å². The lowest BCUT2D eigenvalue weighted by Crippen LogP contribution is -2.26. The molecule has 2 rings (SSSR count). The summed E-state index contributed by atoms with van der Waals surface area (Å²) in [7, 11) is 0. The highest BCUT2D eigenvalue weighted by Crippen LogP contribution is 2.18. The van der Waals surface area contributed by atoms with Crippen molar-refractivity contribution in [1.29, 1.82) is 5.26 Å². The fourth-order valence-corrected chi connectivity index (χ4v) is 1.18. The Morgan fingerprint density at radius 1 is 1.55 bits per heavy atom. The van der Waals surface area contributed by atoms with Crippen molar-refractivity contribution < 1.29 is 0 Å². The molecule has 0 aliphatic carbocycles. The van der Waals surface area contributed by atoms with Crippen LogP contribution in [-0.2, 0) is 0 Å². The monoisotopic (exact) mass is 145 g/mol. The van der Waals surface area contributed by atoms with Gasteiger partial charge in [-0.05, 0) is 12.2 Å². The van der Waals surface area contributed by atoms with Crippen molar-refractivity contribution in [2.24, 2.45) is 0 Å². The van der Waals surface area contributed by atoms with Crippen molar-refractivity contribution in [3.05, 3.63) is 35.7 Å². The Balaban J connectivity index is 2.42. The zero-order chi connectivity index (χ0) is 7.68. The summed E-state index contributed by atoms with van der Waals surface area (Å²) in [6.45, 7) is 0.639. The van der Waals surface area contributed by atoms with Gasteiger partial charge in [0.25, 0.3) is 0 Å². The number of fused-ring (bicyclic) bond motifs is 1. The Kier molecular flexibility index (Phi) is 1.27. The van der Waals surface area contributed by atoms with E-state index in [1.54, 1.807) is 0 Å². The summed E-state index contributed by atoms with van der Waals surface area (Å²) < 4.78 is 0. The highest BCUT2D eigenvalue weighted by atomic mass is 15.5. The van der Waals surface area contributed by atoms with Gasteiger partial charge in [0.2, 0.25) is 0 Å². The molecule has 0 spiro atoms. The van der Waals surface area contributed by atoms with Crippen LogP contribution in [-0.4, -0.2) is 11.6 Å². The number of nitriles is 1. The highest BCUT2D eigenvalue weighted by molar-refractivity contribution is 5.41. The molecular weight excluding hydrogens is 138 g/mol. The molecule has 3 heteroatoms. The fraction of sp³-hybridized carbons (Fsp3) is 0.125. The lowest BCUT2D eigenvalue weighted by molar-refractivity contribution is 0.395. The van der Waals surface area contributed by atoms with Crippen LogP contribution >= 0.6 is 0 Å². The van der Waals surface area contributed by atoms with Crippen LogP contribution in [0.15, 0.2) is 35.7 Å². The number of hydrogen-bond acceptors (Lipinski definition) is 3. The topological polar surface area (TPSA) is 39.1 Å². The molecule has 0 saturated heterocycles. The molecule has 0 aromatic carbocycles. The zero-order valence-corrected chi connectivity index (χ0v) is 5.91. The van der Waals surface area contributed by atoms with Crippen LogP contribution in [0.2, 0.25) is 0 Å². The molecule has 0 fully saturated rings. The van der Waals surface area contributed by atoms with Crippen LogP contribution in [0.5, 0.6) is 0 Å². The van der Waals surface area contributed by atoms with E-state index in [0.717, 1.165) is 11.3 Å². The summed E-state index contributed by atoms with van der Waals surface area (Å²) in [6.07, 6.45) is 7.69. The predicted octanol–water partition coefficient (Wildman–Crippen LogP) is 0.668. The fourth-order valence-electron chi connectivity index (χ4n) is 1.18. The van der Waals surface area contributed by atoms with Crippen LogP contribution in [0.4, 0.5) is 0 Å². The summed E-state index contributed by atoms with van der Waals surface area (Å²) >= 11 is 0. The van der Waals surface area contributed by atoms with Crippen LogP contribution in [0, 0.1) is 11.3 Å². The van der Waals surface area contributed by atoms with Crippen LogP contribution < -0.4 is 5.43 Å². The van der Waals surface area contributed by atoms with Crippen molar-refractivity contribution in [2.75, 3.05) is 6.54 Å². The van der Waals surface area contributed by atoms with Gasteiger partial charge in [0.15, 0.2) is 0 Å². The van der Waals surface area contributed by atoms with E-state index in [-0.39, 0.29) is 0 Å². The third-order valence-electron chi connectivity index (χ3n) is 1.73. The van der Waals surface area contributed by atoms with Crippen molar-refractivity contribution in [3.8, 4) is 6.07 Å². The number of nitrogens with one attached hydrogen (secondary N) is 1. The minimum absolute atomic E-state index is 0.639. The van der Waals surface area contributed by atoms with Gasteiger partial charge in [-0.2, -0.15) is 5.26 Å². The summed E-state index contributed by atoms with van der Waals surface area (Å²) in [5.41, 5.74) is 4.82. The molecular formula is C8H7N3. The molecule has 0 radical (unpaired) electrons. The first-order chi connectivity index (χ1) is 5.42. The van der Waals surface area contributed by atoms with Crippen molar-refractivity contribution in [2.45, 2.75) is 0 Å². The average molecular weight is 145 g/mol. The molecule has 1 N–H and O–H groups in total. The third-order valence-corrected chi connectivity index (χ3v) is 1.73. The van der Waals surface area contributed by atoms with E-state index in [4.69, 9.17) is 5.26 Å². The van der Waals surface area contributed by atoms with E-state index in [9.17, 15) is 0 Å². The number of rotatable bonds is 0. The molecule has 0 aromatic rings. The maximum atomic E-state index is 8.67. The number of hydrogen-bond donors (Lipinski definition) is 1. The van der Waals surface area contributed by atoms with E-state index < -0.39 is 0 Å². The Morgan fingerprint density at radius 2 is 2.45 bits per heavy atom. The maximum absolute atomic E-state index is 8.67. The molecule has 0 atom stereocenters. The Hall–Kier alpha value is -1.53. The number of nitrogens with zero attached hydrogens (tertiary/aromatic N) is 2. The quantitative estimate of drug-likeness (QED) is 0.544. The van der Waals surface area contributed by atoms with Gasteiger partial charge in [0.05, 0.1) is 23.9 Å². The summed E-state index contributed by atoms with van der Waals surface area (Å²) in [5.74, 6) is 0. The second-order valence-electron chi connectivity index (χ2n) is 2.38. The molecule has 0 bridgehead atoms. The second-order valence-corrected chi connectivity index (χ2v) is 2.38. The summed E-state index contributed by atoms with van der Waals surface area (Å²) in [6, 6.07) is 2.15. The summed E-state index contributed by atoms with van der Waals surface area (Å²) in [4.78, 5) is 0. The SMILES string of the molecule is N#CC1=C2C=CC=CN2NC1. The minimum atomic E-state index is 0.639. The molecule has 3 nitrogen and oxygen atoms in total. The van der Waals surface area contributed by atoms with Crippen LogP contribution in [0.25, 0.3) is 0 Å². The van der Waals surface area contributed by atoms with Crippen molar-refractivity contribution in [3.63, 3.8) is 0 Å². The normalized spacial score (nSPS) is 20.5. The predicted molar refractivity (Wildman–Crippen MR) is 40.8 cm³/mol. The average Bonchev–Trinajstić information content (AvgIpc) is 2.47. The number of allylic oxidation sites excluding steroid dienone is 3. The Bertz CT molecular complexity index is 304. The highest BCUT2D eigenvalue weighted by Gasteiger charge is 2.18. The van der Waals surface area contributed by atoms with E-state index in [2.05, 4.69) is 11.5 Å². The lowest BCUT2D eigenvalue weighted by atomic mass is 10.2. The van der Waals surface area contributed by atoms with E-state index in [0.29, 0.717) is 6.54 Å². The first-order valence-corrected chi connectivity index (χ1v) is 3.42. The second kappa shape index (κ2) is 2.26. The van der Waals surface area contributed by atoms with Gasteiger partial charge in [-0.3, -0.25) is 5.01 Å². The molecule has 2 aliphatic heterocycles. The van der Waals surface area contributed by atoms with Gasteiger partial charge in [-0.25, -0.2) is 5.43 Å². The third kappa shape index (κ3) is 0.846. The molecule has 2 heterocycles. The molecule has 0 amide bonds. The molecule has 54 valence electrons. The minimum Gasteiger partial charge on any atom is -0.283 e. The van der Waals surface area contributed by atoms with Crippen molar-refractivity contribution >= 4 is 0 Å².